The number of nitrogens with zero attached hydrogens (tertiary/aromatic N) is 6. The molecule has 10 nitrogen and oxygen atoms in total. The largest absolute Gasteiger partial charge is 0.355 e. The fraction of sp³-hybridized carbons (Fsp3) is 0.323. The zero-order valence-corrected chi connectivity index (χ0v) is 25.3. The fourth-order valence-corrected chi connectivity index (χ4v) is 8.00. The predicted molar refractivity (Wildman–Crippen MR) is 161 cm³/mol. The molecule has 1 amide bonds. The molecular weight excluding hydrogens is 609 g/mol. The number of benzene rings is 1. The number of halogens is 3. The SMILES string of the molecule is C=CC(=O)N1CCN(c2nc(=O)n(-c3c(S(=O)(=O)C4CCC4)ccnc3C)c3nc(-c4c(F)cccc4F)c(F)cc23)[C@@H](C)C1. The molecule has 0 bridgehead atoms. The maximum Gasteiger partial charge on any atom is 0.355 e. The highest BCUT2D eigenvalue weighted by Crippen LogP contribution is 2.37. The number of pyridine rings is 2. The first-order valence-corrected chi connectivity index (χ1v) is 15.9. The Morgan fingerprint density at radius 2 is 1.78 bits per heavy atom. The van der Waals surface area contributed by atoms with Gasteiger partial charge in [0, 0.05) is 31.9 Å². The van der Waals surface area contributed by atoms with Gasteiger partial charge in [-0.2, -0.15) is 4.98 Å². The second-order valence-electron chi connectivity index (χ2n) is 11.2. The minimum atomic E-state index is -3.93. The Morgan fingerprint density at radius 1 is 1.07 bits per heavy atom. The van der Waals surface area contributed by atoms with Gasteiger partial charge in [-0.25, -0.2) is 35.9 Å². The lowest BCUT2D eigenvalue weighted by Gasteiger charge is -2.40. The van der Waals surface area contributed by atoms with E-state index in [-0.39, 0.29) is 58.7 Å². The van der Waals surface area contributed by atoms with Crippen LogP contribution in [-0.4, -0.2) is 69.7 Å². The van der Waals surface area contributed by atoms with E-state index in [4.69, 9.17) is 0 Å². The van der Waals surface area contributed by atoms with Crippen LogP contribution in [-0.2, 0) is 14.6 Å². The molecule has 4 aromatic rings. The zero-order chi connectivity index (χ0) is 32.2. The summed E-state index contributed by atoms with van der Waals surface area (Å²) in [4.78, 5) is 42.2. The number of carbonyl (C=O) groups is 1. The Morgan fingerprint density at radius 3 is 2.40 bits per heavy atom. The maximum atomic E-state index is 15.9. The van der Waals surface area contributed by atoms with Crippen LogP contribution in [0.4, 0.5) is 19.0 Å². The molecule has 2 aliphatic rings. The number of hydrogen-bond donors (Lipinski definition) is 0. The van der Waals surface area contributed by atoms with Crippen molar-refractivity contribution >= 4 is 32.6 Å². The first-order chi connectivity index (χ1) is 21.4. The van der Waals surface area contributed by atoms with Crippen molar-refractivity contribution < 1.29 is 26.4 Å². The molecule has 2 fully saturated rings. The second kappa shape index (κ2) is 11.4. The Kier molecular flexibility index (Phi) is 7.71. The highest BCUT2D eigenvalue weighted by Gasteiger charge is 2.37. The van der Waals surface area contributed by atoms with E-state index in [0.717, 1.165) is 35.3 Å². The lowest BCUT2D eigenvalue weighted by molar-refractivity contribution is -0.126. The van der Waals surface area contributed by atoms with Gasteiger partial charge in [-0.3, -0.25) is 9.78 Å². The van der Waals surface area contributed by atoms with E-state index in [1.807, 2.05) is 0 Å². The summed E-state index contributed by atoms with van der Waals surface area (Å²) in [5.41, 5.74) is -2.63. The van der Waals surface area contributed by atoms with Crippen LogP contribution in [0.2, 0.25) is 0 Å². The van der Waals surface area contributed by atoms with E-state index in [0.29, 0.717) is 12.8 Å². The highest BCUT2D eigenvalue weighted by atomic mass is 32.2. The molecule has 234 valence electrons. The van der Waals surface area contributed by atoms with Crippen molar-refractivity contribution in [3.8, 4) is 16.9 Å². The molecule has 1 aliphatic heterocycles. The number of carbonyl (C=O) groups excluding carboxylic acids is 1. The number of piperazine rings is 1. The molecule has 1 atom stereocenters. The quantitative estimate of drug-likeness (QED) is 0.290. The average Bonchev–Trinajstić information content (AvgIpc) is 2.96. The van der Waals surface area contributed by atoms with Gasteiger partial charge in [0.25, 0.3) is 0 Å². The molecule has 0 radical (unpaired) electrons. The molecule has 1 saturated carbocycles. The smallest absolute Gasteiger partial charge is 0.350 e. The summed E-state index contributed by atoms with van der Waals surface area (Å²) in [7, 11) is -3.93. The van der Waals surface area contributed by atoms with Crippen LogP contribution in [0.1, 0.15) is 31.9 Å². The molecule has 0 N–H and O–H groups in total. The summed E-state index contributed by atoms with van der Waals surface area (Å²) in [6.45, 7) is 7.54. The van der Waals surface area contributed by atoms with Crippen LogP contribution in [0.15, 0.2) is 58.9 Å². The highest BCUT2D eigenvalue weighted by molar-refractivity contribution is 7.92. The van der Waals surface area contributed by atoms with Gasteiger partial charge in [0.1, 0.15) is 23.1 Å². The van der Waals surface area contributed by atoms with E-state index in [1.165, 1.54) is 25.3 Å². The van der Waals surface area contributed by atoms with E-state index < -0.39 is 55.5 Å². The van der Waals surface area contributed by atoms with Crippen molar-refractivity contribution in [1.82, 2.24) is 24.4 Å². The standard InChI is InChI=1S/C31H29F3N6O4S/c1-4-25(41)38-13-14-39(17(2)16-38)29-20-15-23(34)27(26-21(32)9-6-10-22(26)33)36-30(20)40(31(42)37-29)28-18(3)35-12-11-24(28)45(43,44)19-7-5-8-19/h4,6,9-12,15,17,19H,1,5,7-8,13-14,16H2,2-3H3/t17-/m0/s1. The van der Waals surface area contributed by atoms with Crippen molar-refractivity contribution in [3.05, 3.63) is 82.8 Å². The third kappa shape index (κ3) is 5.06. The van der Waals surface area contributed by atoms with Crippen molar-refractivity contribution in [1.29, 1.82) is 0 Å². The summed E-state index contributed by atoms with van der Waals surface area (Å²) in [6, 6.07) is 4.92. The van der Waals surface area contributed by atoms with Gasteiger partial charge in [-0.15, -0.1) is 0 Å². The monoisotopic (exact) mass is 638 g/mol. The number of amides is 1. The molecule has 45 heavy (non-hydrogen) atoms. The first-order valence-electron chi connectivity index (χ1n) is 14.4. The molecule has 14 heteroatoms. The Labute approximate surface area is 256 Å². The summed E-state index contributed by atoms with van der Waals surface area (Å²) in [5, 5.41) is -0.658. The van der Waals surface area contributed by atoms with E-state index in [9.17, 15) is 26.8 Å². The topological polar surface area (TPSA) is 118 Å². The number of sulfone groups is 1. The average molecular weight is 639 g/mol. The number of anilines is 1. The molecule has 6 rings (SSSR count). The Bertz CT molecular complexity index is 2030. The number of aryl methyl sites for hydroxylation is 1. The number of hydrogen-bond acceptors (Lipinski definition) is 8. The van der Waals surface area contributed by atoms with Gasteiger partial charge in [0.15, 0.2) is 21.3 Å². The van der Waals surface area contributed by atoms with Crippen LogP contribution in [0.5, 0.6) is 0 Å². The minimum absolute atomic E-state index is 0.00168. The molecule has 0 spiro atoms. The maximum absolute atomic E-state index is 15.9. The number of rotatable bonds is 6. The van der Waals surface area contributed by atoms with Crippen LogP contribution in [0.3, 0.4) is 0 Å². The summed E-state index contributed by atoms with van der Waals surface area (Å²) in [6.07, 6.45) is 4.16. The van der Waals surface area contributed by atoms with Gasteiger partial charge in [-0.05, 0) is 57.0 Å². The van der Waals surface area contributed by atoms with Crippen LogP contribution in [0, 0.1) is 24.4 Å². The van der Waals surface area contributed by atoms with Crippen molar-refractivity contribution in [2.24, 2.45) is 0 Å². The molecule has 1 aromatic carbocycles. The summed E-state index contributed by atoms with van der Waals surface area (Å²) < 4.78 is 74.1. The van der Waals surface area contributed by atoms with Crippen molar-refractivity contribution in [2.45, 2.75) is 49.3 Å². The van der Waals surface area contributed by atoms with Gasteiger partial charge in [-0.1, -0.05) is 19.1 Å². The second-order valence-corrected chi connectivity index (χ2v) is 13.4. The molecular formula is C31H29F3N6O4S. The van der Waals surface area contributed by atoms with E-state index >= 15 is 4.39 Å². The number of fused-ring (bicyclic) bond motifs is 1. The van der Waals surface area contributed by atoms with Crippen molar-refractivity contribution in [2.75, 3.05) is 24.5 Å². The van der Waals surface area contributed by atoms with Gasteiger partial charge >= 0.3 is 5.69 Å². The van der Waals surface area contributed by atoms with Crippen LogP contribution in [0.25, 0.3) is 28.0 Å². The zero-order valence-electron chi connectivity index (χ0n) is 24.5. The fourth-order valence-electron chi connectivity index (χ4n) is 5.92. The van der Waals surface area contributed by atoms with Crippen LogP contribution >= 0.6 is 0 Å². The third-order valence-electron chi connectivity index (χ3n) is 8.48. The minimum Gasteiger partial charge on any atom is -0.350 e. The summed E-state index contributed by atoms with van der Waals surface area (Å²) in [5.74, 6) is -3.48. The summed E-state index contributed by atoms with van der Waals surface area (Å²) >= 11 is 0. The third-order valence-corrected chi connectivity index (χ3v) is 10.8. The van der Waals surface area contributed by atoms with Crippen molar-refractivity contribution in [3.63, 3.8) is 0 Å². The van der Waals surface area contributed by atoms with E-state index in [1.54, 1.807) is 16.7 Å². The number of aromatic nitrogens is 4. The molecule has 3 aromatic heterocycles. The lowest BCUT2D eigenvalue weighted by Crippen LogP contribution is -2.54. The lowest BCUT2D eigenvalue weighted by atomic mass is 10.00. The van der Waals surface area contributed by atoms with Gasteiger partial charge in [0.2, 0.25) is 5.91 Å². The van der Waals surface area contributed by atoms with Gasteiger partial charge < -0.3 is 9.80 Å². The molecule has 4 heterocycles. The normalized spacial score (nSPS) is 17.4. The molecule has 0 unspecified atom stereocenters. The van der Waals surface area contributed by atoms with E-state index in [2.05, 4.69) is 21.5 Å². The Hall–Kier alpha value is -4.59. The molecule has 1 aliphatic carbocycles. The Balaban J connectivity index is 1.66. The van der Waals surface area contributed by atoms with Crippen LogP contribution < -0.4 is 10.6 Å². The molecule has 1 saturated heterocycles. The van der Waals surface area contributed by atoms with Gasteiger partial charge in [0.05, 0.1) is 32.5 Å². The predicted octanol–water partition coefficient (Wildman–Crippen LogP) is 4.12. The first kappa shape index (κ1) is 30.4.